The summed E-state index contributed by atoms with van der Waals surface area (Å²) in [5.41, 5.74) is 2.55. The number of fused-ring (bicyclic) bond motifs is 1. The normalized spacial score (nSPS) is 17.6. The van der Waals surface area contributed by atoms with Gasteiger partial charge in [-0.3, -0.25) is 19.2 Å². The molecule has 4 rings (SSSR count). The van der Waals surface area contributed by atoms with Crippen LogP contribution < -0.4 is 0 Å². The summed E-state index contributed by atoms with van der Waals surface area (Å²) in [6, 6.07) is 17.8. The van der Waals surface area contributed by atoms with Crippen LogP contribution in [0.15, 0.2) is 60.7 Å². The van der Waals surface area contributed by atoms with Crippen LogP contribution in [0.1, 0.15) is 21.6 Å². The fourth-order valence-corrected chi connectivity index (χ4v) is 4.13. The van der Waals surface area contributed by atoms with E-state index in [2.05, 4.69) is 5.10 Å². The number of nitrogens with zero attached hydrogens (tertiary/aromatic N) is 2. The van der Waals surface area contributed by atoms with Crippen molar-refractivity contribution in [1.82, 2.24) is 9.78 Å². The minimum atomic E-state index is -1.26. The molecule has 0 fully saturated rings. The zero-order valence-electron chi connectivity index (χ0n) is 18.2. The van der Waals surface area contributed by atoms with E-state index in [1.807, 2.05) is 30.3 Å². The summed E-state index contributed by atoms with van der Waals surface area (Å²) in [5, 5.41) is 4.60. The first kappa shape index (κ1) is 22.1. The monoisotopic (exact) mass is 446 g/mol. The number of Topliss-reactive ketones (excluding diaryl/α,β-unsaturated/α-hetero) is 1. The molecule has 0 amide bonds. The Morgan fingerprint density at radius 3 is 1.97 bits per heavy atom. The Bertz CT molecular complexity index is 1220. The summed E-state index contributed by atoms with van der Waals surface area (Å²) in [5.74, 6) is -5.00. The van der Waals surface area contributed by atoms with Gasteiger partial charge in [0, 0.05) is 23.1 Å². The summed E-state index contributed by atoms with van der Waals surface area (Å²) in [7, 11) is 2.37. The molecule has 1 aliphatic carbocycles. The topological polar surface area (TPSA) is 105 Å². The highest BCUT2D eigenvalue weighted by Gasteiger charge is 2.44. The summed E-state index contributed by atoms with van der Waals surface area (Å²) in [4.78, 5) is 51.6. The van der Waals surface area contributed by atoms with Gasteiger partial charge < -0.3 is 9.47 Å². The Balaban J connectivity index is 1.94. The lowest BCUT2D eigenvalue weighted by Gasteiger charge is -2.16. The third kappa shape index (κ3) is 4.07. The van der Waals surface area contributed by atoms with Crippen molar-refractivity contribution in [2.24, 2.45) is 11.8 Å². The number of benzene rings is 2. The van der Waals surface area contributed by atoms with Crippen LogP contribution in [-0.4, -0.2) is 47.6 Å². The number of carbonyl (C=O) groups excluding carboxylic acids is 4. The molecule has 3 aromatic rings. The molecule has 33 heavy (non-hydrogen) atoms. The predicted molar refractivity (Wildman–Crippen MR) is 117 cm³/mol. The molecule has 0 saturated heterocycles. The molecule has 0 aliphatic heterocycles. The van der Waals surface area contributed by atoms with Crippen molar-refractivity contribution in [2.45, 2.75) is 12.8 Å². The van der Waals surface area contributed by atoms with Crippen LogP contribution in [0.3, 0.4) is 0 Å². The third-order valence-electron chi connectivity index (χ3n) is 5.81. The highest BCUT2D eigenvalue weighted by molar-refractivity contribution is 6.09. The first-order valence-electron chi connectivity index (χ1n) is 10.4. The van der Waals surface area contributed by atoms with Crippen molar-refractivity contribution in [3.63, 3.8) is 0 Å². The zero-order chi connectivity index (χ0) is 23.5. The Morgan fingerprint density at radius 2 is 1.39 bits per heavy atom. The van der Waals surface area contributed by atoms with E-state index in [0.29, 0.717) is 22.5 Å². The van der Waals surface area contributed by atoms with Crippen LogP contribution in [0, 0.1) is 11.8 Å². The fraction of sp³-hybridized carbons (Fsp3) is 0.240. The summed E-state index contributed by atoms with van der Waals surface area (Å²) in [6.07, 6.45) is -0.159. The van der Waals surface area contributed by atoms with Crippen LogP contribution in [0.4, 0.5) is 0 Å². The number of esters is 2. The average Bonchev–Trinajstić information content (AvgIpc) is 3.14. The average molecular weight is 446 g/mol. The third-order valence-corrected chi connectivity index (χ3v) is 5.81. The molecule has 2 atom stereocenters. The van der Waals surface area contributed by atoms with E-state index >= 15 is 0 Å². The second-order valence-corrected chi connectivity index (χ2v) is 7.68. The molecule has 168 valence electrons. The second-order valence-electron chi connectivity index (χ2n) is 7.68. The first-order valence-corrected chi connectivity index (χ1v) is 10.4. The molecule has 0 radical (unpaired) electrons. The van der Waals surface area contributed by atoms with Crippen molar-refractivity contribution < 1.29 is 28.7 Å². The molecule has 8 heteroatoms. The van der Waals surface area contributed by atoms with Gasteiger partial charge in [-0.05, 0) is 18.6 Å². The van der Waals surface area contributed by atoms with Crippen molar-refractivity contribution in [3.8, 4) is 11.3 Å². The Labute approximate surface area is 190 Å². The van der Waals surface area contributed by atoms with Crippen LogP contribution >= 0.6 is 0 Å². The molecule has 2 unspecified atom stereocenters. The molecular formula is C25H22N2O6. The molecule has 2 aromatic carbocycles. The molecule has 0 spiro atoms. The van der Waals surface area contributed by atoms with Crippen molar-refractivity contribution in [1.29, 1.82) is 0 Å². The van der Waals surface area contributed by atoms with Crippen LogP contribution in [-0.2, 0) is 36.7 Å². The van der Waals surface area contributed by atoms with Gasteiger partial charge in [-0.25, -0.2) is 0 Å². The van der Waals surface area contributed by atoms with Crippen LogP contribution in [0.5, 0.6) is 0 Å². The van der Waals surface area contributed by atoms with Gasteiger partial charge in [0.2, 0.25) is 0 Å². The van der Waals surface area contributed by atoms with Crippen LogP contribution in [0.2, 0.25) is 0 Å². The second kappa shape index (κ2) is 9.20. The minimum absolute atomic E-state index is 0.0410. The largest absolute Gasteiger partial charge is 0.468 e. The number of ether oxygens (including phenoxy) is 2. The highest BCUT2D eigenvalue weighted by atomic mass is 16.5. The lowest BCUT2D eigenvalue weighted by atomic mass is 9.90. The maximum atomic E-state index is 13.4. The van der Waals surface area contributed by atoms with E-state index < -0.39 is 35.5 Å². The number of carbonyl (C=O) groups is 4. The van der Waals surface area contributed by atoms with E-state index in [4.69, 9.17) is 9.47 Å². The molecule has 0 bridgehead atoms. The molecule has 0 saturated carbocycles. The molecule has 1 aliphatic rings. The molecular weight excluding hydrogens is 424 g/mol. The Hall–Kier alpha value is -4.07. The number of methoxy groups -OCH3 is 2. The summed E-state index contributed by atoms with van der Waals surface area (Å²) >= 11 is 0. The van der Waals surface area contributed by atoms with Crippen molar-refractivity contribution >= 4 is 23.6 Å². The Morgan fingerprint density at radius 1 is 0.848 bits per heavy atom. The van der Waals surface area contributed by atoms with Gasteiger partial charge in [-0.1, -0.05) is 48.5 Å². The fourth-order valence-electron chi connectivity index (χ4n) is 4.13. The first-order chi connectivity index (χ1) is 16.0. The summed E-state index contributed by atoms with van der Waals surface area (Å²) < 4.78 is 10.9. The molecule has 1 aromatic heterocycles. The maximum Gasteiger partial charge on any atom is 0.316 e. The van der Waals surface area contributed by atoms with E-state index in [1.165, 1.54) is 18.9 Å². The smallest absolute Gasteiger partial charge is 0.316 e. The highest BCUT2D eigenvalue weighted by Crippen LogP contribution is 2.34. The van der Waals surface area contributed by atoms with Crippen molar-refractivity contribution in [3.05, 3.63) is 77.5 Å². The van der Waals surface area contributed by atoms with E-state index in [0.717, 1.165) is 5.56 Å². The lowest BCUT2D eigenvalue weighted by molar-refractivity contribution is -0.155. The van der Waals surface area contributed by atoms with Crippen LogP contribution in [0.25, 0.3) is 11.3 Å². The van der Waals surface area contributed by atoms with Gasteiger partial charge in [0.1, 0.15) is 11.8 Å². The van der Waals surface area contributed by atoms with E-state index in [9.17, 15) is 19.2 Å². The van der Waals surface area contributed by atoms with Crippen molar-refractivity contribution in [2.75, 3.05) is 14.2 Å². The van der Waals surface area contributed by atoms with Gasteiger partial charge in [0.05, 0.1) is 25.6 Å². The standard InChI is InChI=1S/C25H22N2O6/c1-32-24(30)18-13-17-20(14-19(22(18)28)25(31)33-2)27(23(29)16-11-7-4-8-12-16)26-21(17)15-9-5-3-6-10-15/h3-12,18-19H,13-14H2,1-2H3. The maximum absolute atomic E-state index is 13.4. The number of hydrogen-bond acceptors (Lipinski definition) is 7. The number of aromatic nitrogens is 2. The Kier molecular flexibility index (Phi) is 6.17. The van der Waals surface area contributed by atoms with Gasteiger partial charge in [-0.15, -0.1) is 0 Å². The summed E-state index contributed by atoms with van der Waals surface area (Å²) in [6.45, 7) is 0. The molecule has 8 nitrogen and oxygen atoms in total. The zero-order valence-corrected chi connectivity index (χ0v) is 18.2. The minimum Gasteiger partial charge on any atom is -0.468 e. The van der Waals surface area contributed by atoms with E-state index in [1.54, 1.807) is 30.3 Å². The van der Waals surface area contributed by atoms with E-state index in [-0.39, 0.29) is 12.8 Å². The quantitative estimate of drug-likeness (QED) is 0.344. The van der Waals surface area contributed by atoms with Gasteiger partial charge >= 0.3 is 11.9 Å². The SMILES string of the molecule is COC(=O)C1Cc2c(-c3ccccc3)nn(C(=O)c3ccccc3)c2CC(C(=O)OC)C1=O. The van der Waals surface area contributed by atoms with Gasteiger partial charge in [0.25, 0.3) is 5.91 Å². The number of hydrogen-bond donors (Lipinski definition) is 0. The molecule has 1 heterocycles. The number of rotatable bonds is 4. The predicted octanol–water partition coefficient (Wildman–Crippen LogP) is 2.48. The van der Waals surface area contributed by atoms with Gasteiger partial charge in [0.15, 0.2) is 5.78 Å². The molecule has 0 N–H and O–H groups in total. The lowest BCUT2D eigenvalue weighted by Crippen LogP contribution is -2.36. The number of ketones is 1. The van der Waals surface area contributed by atoms with Gasteiger partial charge in [-0.2, -0.15) is 9.78 Å².